The molecular weight excluding hydrogens is 534 g/mol. The van der Waals surface area contributed by atoms with E-state index in [0.29, 0.717) is 27.2 Å². The van der Waals surface area contributed by atoms with Gasteiger partial charge in [0.2, 0.25) is 5.76 Å². The molecule has 0 bridgehead atoms. The number of carbonyl (C=O) groups is 1. The van der Waals surface area contributed by atoms with Gasteiger partial charge in [0.05, 0.1) is 17.0 Å². The molecule has 0 aliphatic carbocycles. The first-order valence-electron chi connectivity index (χ1n) is 9.05. The number of nitrogens with zero attached hydrogens (tertiary/aromatic N) is 1. The van der Waals surface area contributed by atoms with Crippen LogP contribution in [0, 0.1) is 0 Å². The number of rotatable bonds is 2. The molecule has 0 radical (unpaired) electrons. The number of carbonyl (C=O) groups excluding carboxylic acids is 1. The maximum absolute atomic E-state index is 13.5. The fourth-order valence-corrected chi connectivity index (χ4v) is 4.79. The van der Waals surface area contributed by atoms with E-state index in [-0.39, 0.29) is 17.1 Å². The molecule has 0 saturated carbocycles. The van der Waals surface area contributed by atoms with Gasteiger partial charge in [0.1, 0.15) is 5.58 Å². The van der Waals surface area contributed by atoms with Crippen LogP contribution in [0.4, 0.5) is 5.69 Å². The zero-order chi connectivity index (χ0) is 21.0. The summed E-state index contributed by atoms with van der Waals surface area (Å²) in [6.07, 6.45) is 0. The van der Waals surface area contributed by atoms with E-state index >= 15 is 0 Å². The van der Waals surface area contributed by atoms with Crippen molar-refractivity contribution < 1.29 is 9.21 Å². The van der Waals surface area contributed by atoms with Gasteiger partial charge in [0.25, 0.3) is 5.91 Å². The lowest BCUT2D eigenvalue weighted by atomic mass is 9.98. The van der Waals surface area contributed by atoms with E-state index in [0.717, 1.165) is 14.5 Å². The molecule has 148 valence electrons. The molecule has 7 heteroatoms. The maximum Gasteiger partial charge on any atom is 0.295 e. The molecule has 2 heterocycles. The van der Waals surface area contributed by atoms with Crippen LogP contribution in [0.1, 0.15) is 27.7 Å². The largest absolute Gasteiger partial charge is 0.450 e. The zero-order valence-corrected chi connectivity index (χ0v) is 19.2. The Morgan fingerprint density at radius 2 is 1.67 bits per heavy atom. The number of fused-ring (bicyclic) bond motifs is 2. The maximum atomic E-state index is 13.5. The minimum atomic E-state index is -0.636. The Bertz CT molecular complexity index is 1400. The van der Waals surface area contributed by atoms with E-state index in [9.17, 15) is 9.59 Å². The third-order valence-electron chi connectivity index (χ3n) is 5.08. The van der Waals surface area contributed by atoms with Crippen molar-refractivity contribution in [2.45, 2.75) is 6.04 Å². The van der Waals surface area contributed by atoms with Crippen LogP contribution >= 0.6 is 43.5 Å². The van der Waals surface area contributed by atoms with Crippen molar-refractivity contribution in [3.05, 3.63) is 108 Å². The Morgan fingerprint density at radius 3 is 2.43 bits per heavy atom. The molecule has 1 unspecified atom stereocenters. The summed E-state index contributed by atoms with van der Waals surface area (Å²) >= 11 is 13.1. The lowest BCUT2D eigenvalue weighted by molar-refractivity contribution is 0.0971. The summed E-state index contributed by atoms with van der Waals surface area (Å²) in [6, 6.07) is 19.1. The Labute approximate surface area is 193 Å². The van der Waals surface area contributed by atoms with Crippen LogP contribution in [0.2, 0.25) is 5.02 Å². The molecule has 3 aromatic carbocycles. The lowest BCUT2D eigenvalue weighted by Gasteiger charge is -2.25. The number of halogens is 3. The van der Waals surface area contributed by atoms with Crippen molar-refractivity contribution in [3.63, 3.8) is 0 Å². The molecule has 0 N–H and O–H groups in total. The van der Waals surface area contributed by atoms with Gasteiger partial charge < -0.3 is 4.42 Å². The molecule has 1 amide bonds. The van der Waals surface area contributed by atoms with Gasteiger partial charge in [-0.15, -0.1) is 0 Å². The molecule has 4 nitrogen and oxygen atoms in total. The zero-order valence-electron chi connectivity index (χ0n) is 15.2. The second kappa shape index (κ2) is 7.38. The highest BCUT2D eigenvalue weighted by molar-refractivity contribution is 9.10. The summed E-state index contributed by atoms with van der Waals surface area (Å²) in [7, 11) is 0. The van der Waals surface area contributed by atoms with Crippen molar-refractivity contribution in [3.8, 4) is 0 Å². The van der Waals surface area contributed by atoms with E-state index < -0.39 is 6.04 Å². The van der Waals surface area contributed by atoms with Crippen molar-refractivity contribution in [2.24, 2.45) is 0 Å². The third-order valence-corrected chi connectivity index (χ3v) is 6.30. The highest BCUT2D eigenvalue weighted by Crippen LogP contribution is 2.42. The Kier molecular flexibility index (Phi) is 4.81. The Balaban J connectivity index is 1.84. The first-order chi connectivity index (χ1) is 14.4. The molecule has 1 aliphatic rings. The normalized spacial score (nSPS) is 15.6. The van der Waals surface area contributed by atoms with E-state index in [4.69, 9.17) is 16.0 Å². The van der Waals surface area contributed by atoms with Crippen LogP contribution < -0.4 is 10.3 Å². The van der Waals surface area contributed by atoms with Crippen LogP contribution in [-0.4, -0.2) is 5.91 Å². The molecule has 0 saturated heterocycles. The van der Waals surface area contributed by atoms with Crippen molar-refractivity contribution >= 4 is 66.0 Å². The molecule has 4 aromatic rings. The van der Waals surface area contributed by atoms with Crippen LogP contribution in [-0.2, 0) is 0 Å². The van der Waals surface area contributed by atoms with Gasteiger partial charge in [0, 0.05) is 19.7 Å². The van der Waals surface area contributed by atoms with Crippen LogP contribution in [0.3, 0.4) is 0 Å². The SMILES string of the molecule is O=C1c2oc3ccc(Br)cc3c(=O)c2C(c2cccc(Br)c2)N1c1cccc(Cl)c1. The predicted molar refractivity (Wildman–Crippen MR) is 124 cm³/mol. The number of benzene rings is 3. The molecular formula is C23H12Br2ClNO3. The molecule has 5 rings (SSSR count). The number of anilines is 1. The van der Waals surface area contributed by atoms with Gasteiger partial charge in [0.15, 0.2) is 5.43 Å². The second-order valence-electron chi connectivity index (χ2n) is 6.93. The summed E-state index contributed by atoms with van der Waals surface area (Å²) in [5.74, 6) is -0.320. The first-order valence-corrected chi connectivity index (χ1v) is 11.0. The average Bonchev–Trinajstić information content (AvgIpc) is 3.01. The number of hydrogen-bond acceptors (Lipinski definition) is 3. The molecule has 0 spiro atoms. The van der Waals surface area contributed by atoms with Gasteiger partial charge in [-0.05, 0) is 54.1 Å². The van der Waals surface area contributed by atoms with Gasteiger partial charge in [-0.1, -0.05) is 61.7 Å². The smallest absolute Gasteiger partial charge is 0.295 e. The number of amides is 1. The molecule has 1 aliphatic heterocycles. The predicted octanol–water partition coefficient (Wildman–Crippen LogP) is 6.72. The quantitative estimate of drug-likeness (QED) is 0.281. The summed E-state index contributed by atoms with van der Waals surface area (Å²) in [5.41, 5.74) is 1.85. The topological polar surface area (TPSA) is 50.5 Å². The molecule has 1 aromatic heterocycles. The lowest BCUT2D eigenvalue weighted by Crippen LogP contribution is -2.29. The van der Waals surface area contributed by atoms with E-state index in [1.54, 1.807) is 47.4 Å². The summed E-state index contributed by atoms with van der Waals surface area (Å²) < 4.78 is 7.57. The van der Waals surface area contributed by atoms with Crippen LogP contribution in [0.25, 0.3) is 11.0 Å². The standard InChI is InChI=1S/C23H12Br2ClNO3/c24-13-4-1-3-12(9-13)20-19-21(28)17-10-14(25)7-8-18(17)30-22(19)23(29)27(20)16-6-2-5-15(26)11-16/h1-11,20H. The van der Waals surface area contributed by atoms with Gasteiger partial charge in [-0.3, -0.25) is 14.5 Å². The van der Waals surface area contributed by atoms with E-state index in [2.05, 4.69) is 31.9 Å². The minimum Gasteiger partial charge on any atom is -0.450 e. The average molecular weight is 546 g/mol. The number of hydrogen-bond donors (Lipinski definition) is 0. The highest BCUT2D eigenvalue weighted by Gasteiger charge is 2.43. The molecule has 30 heavy (non-hydrogen) atoms. The van der Waals surface area contributed by atoms with Gasteiger partial charge >= 0.3 is 0 Å². The fourth-order valence-electron chi connectivity index (χ4n) is 3.83. The van der Waals surface area contributed by atoms with Crippen molar-refractivity contribution in [1.82, 2.24) is 0 Å². The highest BCUT2D eigenvalue weighted by atomic mass is 79.9. The van der Waals surface area contributed by atoms with Crippen LogP contribution in [0.5, 0.6) is 0 Å². The summed E-state index contributed by atoms with van der Waals surface area (Å²) in [5, 5.41) is 0.918. The Morgan fingerprint density at radius 1 is 0.900 bits per heavy atom. The third kappa shape index (κ3) is 3.11. The monoisotopic (exact) mass is 543 g/mol. The van der Waals surface area contributed by atoms with E-state index in [1.807, 2.05) is 24.3 Å². The second-order valence-corrected chi connectivity index (χ2v) is 9.19. The van der Waals surface area contributed by atoms with E-state index in [1.165, 1.54) is 0 Å². The van der Waals surface area contributed by atoms with Gasteiger partial charge in [-0.25, -0.2) is 0 Å². The molecule has 1 atom stereocenters. The molecule has 0 fully saturated rings. The van der Waals surface area contributed by atoms with Crippen molar-refractivity contribution in [2.75, 3.05) is 4.90 Å². The van der Waals surface area contributed by atoms with Crippen molar-refractivity contribution in [1.29, 1.82) is 0 Å². The first kappa shape index (κ1) is 19.5. The van der Waals surface area contributed by atoms with Crippen LogP contribution in [0.15, 0.2) is 84.9 Å². The fraction of sp³-hybridized carbons (Fsp3) is 0.0435. The van der Waals surface area contributed by atoms with Gasteiger partial charge in [-0.2, -0.15) is 0 Å². The minimum absolute atomic E-state index is 0.0553. The summed E-state index contributed by atoms with van der Waals surface area (Å²) in [6.45, 7) is 0. The Hall–Kier alpha value is -2.41. The summed E-state index contributed by atoms with van der Waals surface area (Å²) in [4.78, 5) is 28.6.